The molecular weight excluding hydrogens is 286 g/mol. The highest BCUT2D eigenvalue weighted by molar-refractivity contribution is 5.99. The predicted molar refractivity (Wildman–Crippen MR) is 92.3 cm³/mol. The van der Waals surface area contributed by atoms with E-state index in [9.17, 15) is 0 Å². The molecule has 0 unspecified atom stereocenters. The Balaban J connectivity index is 1.67. The van der Waals surface area contributed by atoms with E-state index in [4.69, 9.17) is 5.73 Å². The zero-order valence-corrected chi connectivity index (χ0v) is 12.4. The van der Waals surface area contributed by atoms with Crippen LogP contribution in [0.15, 0.2) is 47.7 Å². The zero-order chi connectivity index (χ0) is 15.6. The molecular formula is C18H15N5. The van der Waals surface area contributed by atoms with Gasteiger partial charge < -0.3 is 16.0 Å². The lowest BCUT2D eigenvalue weighted by Crippen LogP contribution is -2.19. The molecule has 4 N–H and O–H groups in total. The standard InChI is InChI=1S/C18H15N5/c19-17-15(14-7-8-20-16(14)11-23-17)6-3-12-1-4-13(5-2-12)18-21-9-10-22-18/h1-2,4-5,7-8,11,20H,9-10H2,(H2,19,23)(H,21,22). The van der Waals surface area contributed by atoms with Crippen molar-refractivity contribution in [3.63, 3.8) is 0 Å². The van der Waals surface area contributed by atoms with E-state index in [1.165, 1.54) is 0 Å². The van der Waals surface area contributed by atoms with Gasteiger partial charge in [-0.2, -0.15) is 0 Å². The summed E-state index contributed by atoms with van der Waals surface area (Å²) in [6.07, 6.45) is 3.58. The molecule has 5 heteroatoms. The van der Waals surface area contributed by atoms with E-state index in [2.05, 4.69) is 32.1 Å². The van der Waals surface area contributed by atoms with Gasteiger partial charge in [-0.05, 0) is 18.2 Å². The predicted octanol–water partition coefficient (Wildman–Crippen LogP) is 1.89. The third-order valence-electron chi connectivity index (χ3n) is 3.80. The van der Waals surface area contributed by atoms with E-state index < -0.39 is 0 Å². The number of aromatic amines is 1. The van der Waals surface area contributed by atoms with Crippen LogP contribution in [0.25, 0.3) is 10.9 Å². The van der Waals surface area contributed by atoms with Gasteiger partial charge in [0.15, 0.2) is 0 Å². The first-order chi connectivity index (χ1) is 11.3. The van der Waals surface area contributed by atoms with Gasteiger partial charge >= 0.3 is 0 Å². The van der Waals surface area contributed by atoms with Gasteiger partial charge in [0.25, 0.3) is 0 Å². The highest BCUT2D eigenvalue weighted by atomic mass is 15.1. The smallest absolute Gasteiger partial charge is 0.139 e. The highest BCUT2D eigenvalue weighted by Gasteiger charge is 2.07. The Labute approximate surface area is 133 Å². The zero-order valence-electron chi connectivity index (χ0n) is 12.4. The summed E-state index contributed by atoms with van der Waals surface area (Å²) in [7, 11) is 0. The Morgan fingerprint density at radius 3 is 2.74 bits per heavy atom. The van der Waals surface area contributed by atoms with Crippen LogP contribution in [0.4, 0.5) is 5.82 Å². The molecule has 0 aliphatic carbocycles. The number of benzene rings is 1. The lowest BCUT2D eigenvalue weighted by atomic mass is 10.1. The number of hydrogen-bond acceptors (Lipinski definition) is 4. The largest absolute Gasteiger partial charge is 0.383 e. The maximum Gasteiger partial charge on any atom is 0.139 e. The number of fused-ring (bicyclic) bond motifs is 1. The number of H-pyrrole nitrogens is 1. The second kappa shape index (κ2) is 5.50. The topological polar surface area (TPSA) is 79.1 Å². The molecule has 0 amide bonds. The minimum atomic E-state index is 0.450. The van der Waals surface area contributed by atoms with Crippen molar-refractivity contribution in [2.75, 3.05) is 18.8 Å². The fraction of sp³-hybridized carbons (Fsp3) is 0.111. The fourth-order valence-electron chi connectivity index (χ4n) is 2.61. The molecule has 0 fully saturated rings. The summed E-state index contributed by atoms with van der Waals surface area (Å²) in [6.45, 7) is 1.74. The van der Waals surface area contributed by atoms with Crippen molar-refractivity contribution < 1.29 is 0 Å². The van der Waals surface area contributed by atoms with Crippen LogP contribution in [0, 0.1) is 11.8 Å². The average Bonchev–Trinajstić information content (AvgIpc) is 3.26. The van der Waals surface area contributed by atoms with Crippen LogP contribution in [0.1, 0.15) is 16.7 Å². The molecule has 0 saturated carbocycles. The van der Waals surface area contributed by atoms with Crippen LogP contribution in [0.3, 0.4) is 0 Å². The summed E-state index contributed by atoms with van der Waals surface area (Å²) in [6, 6.07) is 10.0. The number of anilines is 1. The SMILES string of the molecule is Nc1ncc2[nH]ccc2c1C#Cc1ccc(C2=NCCN2)cc1. The number of aliphatic imine (C=N–C) groups is 1. The summed E-state index contributed by atoms with van der Waals surface area (Å²) in [5, 5.41) is 4.25. The number of nitrogens with two attached hydrogens (primary N) is 1. The van der Waals surface area contributed by atoms with Gasteiger partial charge in [-0.1, -0.05) is 24.0 Å². The molecule has 1 aliphatic rings. The molecule has 3 aromatic rings. The van der Waals surface area contributed by atoms with Gasteiger partial charge in [0.2, 0.25) is 0 Å². The van der Waals surface area contributed by atoms with Gasteiger partial charge in [-0.15, -0.1) is 0 Å². The molecule has 0 spiro atoms. The third kappa shape index (κ3) is 2.51. The van der Waals surface area contributed by atoms with Crippen molar-refractivity contribution in [1.29, 1.82) is 0 Å². The normalized spacial score (nSPS) is 13.3. The lowest BCUT2D eigenvalue weighted by molar-refractivity contribution is 0.960. The summed E-state index contributed by atoms with van der Waals surface area (Å²) in [5.41, 5.74) is 9.67. The van der Waals surface area contributed by atoms with Gasteiger partial charge in [0.1, 0.15) is 11.7 Å². The van der Waals surface area contributed by atoms with Crippen LogP contribution < -0.4 is 11.1 Å². The highest BCUT2D eigenvalue weighted by Crippen LogP contribution is 2.20. The minimum absolute atomic E-state index is 0.450. The van der Waals surface area contributed by atoms with Crippen LogP contribution in [0.5, 0.6) is 0 Å². The first-order valence-electron chi connectivity index (χ1n) is 7.43. The number of aromatic nitrogens is 2. The summed E-state index contributed by atoms with van der Waals surface area (Å²) in [5.74, 6) is 7.70. The Hall–Kier alpha value is -3.26. The number of hydrogen-bond donors (Lipinski definition) is 3. The van der Waals surface area contributed by atoms with Gasteiger partial charge in [0.05, 0.1) is 23.8 Å². The summed E-state index contributed by atoms with van der Waals surface area (Å²) in [4.78, 5) is 11.7. The van der Waals surface area contributed by atoms with E-state index in [-0.39, 0.29) is 0 Å². The molecule has 3 heterocycles. The number of amidine groups is 1. The van der Waals surface area contributed by atoms with Crippen molar-refractivity contribution in [3.05, 3.63) is 59.4 Å². The van der Waals surface area contributed by atoms with Crippen molar-refractivity contribution >= 4 is 22.6 Å². The Morgan fingerprint density at radius 1 is 1.09 bits per heavy atom. The molecule has 0 atom stereocenters. The average molecular weight is 301 g/mol. The molecule has 4 rings (SSSR count). The number of nitrogen functional groups attached to an aromatic ring is 1. The quantitative estimate of drug-likeness (QED) is 0.601. The first kappa shape index (κ1) is 13.4. The molecule has 5 nitrogen and oxygen atoms in total. The van der Waals surface area contributed by atoms with Gasteiger partial charge in [-0.3, -0.25) is 4.99 Å². The second-order valence-corrected chi connectivity index (χ2v) is 5.31. The maximum absolute atomic E-state index is 5.97. The van der Waals surface area contributed by atoms with Crippen molar-refractivity contribution in [1.82, 2.24) is 15.3 Å². The van der Waals surface area contributed by atoms with E-state index in [0.29, 0.717) is 5.82 Å². The van der Waals surface area contributed by atoms with Crippen molar-refractivity contribution in [2.24, 2.45) is 4.99 Å². The first-order valence-corrected chi connectivity index (χ1v) is 7.43. The van der Waals surface area contributed by atoms with E-state index in [0.717, 1.165) is 46.5 Å². The Kier molecular flexibility index (Phi) is 3.21. The number of pyridine rings is 1. The molecule has 0 bridgehead atoms. The van der Waals surface area contributed by atoms with E-state index in [1.807, 2.05) is 36.5 Å². The Bertz CT molecular complexity index is 954. The van der Waals surface area contributed by atoms with Gasteiger partial charge in [0, 0.05) is 29.3 Å². The van der Waals surface area contributed by atoms with Crippen LogP contribution in [-0.2, 0) is 0 Å². The van der Waals surface area contributed by atoms with Crippen molar-refractivity contribution in [2.45, 2.75) is 0 Å². The summed E-state index contributed by atoms with van der Waals surface area (Å²) < 4.78 is 0. The molecule has 1 aliphatic heterocycles. The fourth-order valence-corrected chi connectivity index (χ4v) is 2.61. The number of nitrogens with one attached hydrogen (secondary N) is 2. The molecule has 1 aromatic carbocycles. The molecule has 23 heavy (non-hydrogen) atoms. The van der Waals surface area contributed by atoms with E-state index in [1.54, 1.807) is 6.20 Å². The van der Waals surface area contributed by atoms with Crippen LogP contribution in [0.2, 0.25) is 0 Å². The molecule has 0 saturated heterocycles. The molecule has 112 valence electrons. The number of rotatable bonds is 1. The maximum atomic E-state index is 5.97. The number of nitrogens with zero attached hydrogens (tertiary/aromatic N) is 2. The van der Waals surface area contributed by atoms with Crippen LogP contribution in [-0.4, -0.2) is 28.9 Å². The molecule has 0 radical (unpaired) electrons. The third-order valence-corrected chi connectivity index (χ3v) is 3.80. The van der Waals surface area contributed by atoms with Crippen LogP contribution >= 0.6 is 0 Å². The van der Waals surface area contributed by atoms with Gasteiger partial charge in [-0.25, -0.2) is 4.98 Å². The minimum Gasteiger partial charge on any atom is -0.383 e. The monoisotopic (exact) mass is 301 g/mol. The Morgan fingerprint density at radius 2 is 1.96 bits per heavy atom. The van der Waals surface area contributed by atoms with E-state index >= 15 is 0 Å². The molecule has 2 aromatic heterocycles. The second-order valence-electron chi connectivity index (χ2n) is 5.31. The van der Waals surface area contributed by atoms with Crippen molar-refractivity contribution in [3.8, 4) is 11.8 Å². The lowest BCUT2D eigenvalue weighted by Gasteiger charge is -2.02. The summed E-state index contributed by atoms with van der Waals surface area (Å²) >= 11 is 0.